The molecule has 5 rings (SSSR count). The Balaban J connectivity index is 0.000000201. The molecule has 0 aliphatic carbocycles. The third-order valence-electron chi connectivity index (χ3n) is 6.41. The molecule has 0 aromatic heterocycles. The predicted molar refractivity (Wildman–Crippen MR) is 153 cm³/mol. The van der Waals surface area contributed by atoms with E-state index in [1.165, 1.54) is 12.1 Å². The topological polar surface area (TPSA) is 86.3 Å². The number of amides is 2. The maximum absolute atomic E-state index is 13.3. The molecule has 218 valence electrons. The highest BCUT2D eigenvalue weighted by Crippen LogP contribution is 2.35. The zero-order valence-corrected chi connectivity index (χ0v) is 23.7. The Kier molecular flexibility index (Phi) is 10.1. The summed E-state index contributed by atoms with van der Waals surface area (Å²) in [6.45, 7) is 8.29. The molecule has 3 aromatic carbocycles. The van der Waals surface area contributed by atoms with Gasteiger partial charge in [-0.3, -0.25) is 4.79 Å². The summed E-state index contributed by atoms with van der Waals surface area (Å²) in [5.41, 5.74) is 0.591. The molecule has 1 saturated heterocycles. The van der Waals surface area contributed by atoms with Gasteiger partial charge in [-0.25, -0.2) is 9.18 Å². The SMILES string of the molecule is CC(C)(C)OC(=O)N1CCCC(COc2ccc3c(c2)OCO3)C1.O=C(NCc1ccccc1)c1ccccc1F. The summed E-state index contributed by atoms with van der Waals surface area (Å²) in [6, 6.07) is 21.0. The average Bonchev–Trinajstić information content (AvgIpc) is 3.43. The summed E-state index contributed by atoms with van der Waals surface area (Å²) in [7, 11) is 0. The zero-order valence-electron chi connectivity index (χ0n) is 23.7. The van der Waals surface area contributed by atoms with Crippen molar-refractivity contribution in [2.45, 2.75) is 45.8 Å². The number of halogens is 1. The molecule has 3 aromatic rings. The quantitative estimate of drug-likeness (QED) is 0.384. The molecule has 0 radical (unpaired) electrons. The molecule has 1 N–H and O–H groups in total. The Morgan fingerprint density at radius 3 is 2.49 bits per heavy atom. The minimum atomic E-state index is -0.502. The zero-order chi connectivity index (χ0) is 29.2. The van der Waals surface area contributed by atoms with Crippen LogP contribution >= 0.6 is 0 Å². The van der Waals surface area contributed by atoms with Crippen LogP contribution in [0.15, 0.2) is 72.8 Å². The first-order chi connectivity index (χ1) is 19.7. The molecular formula is C32H37FN2O6. The van der Waals surface area contributed by atoms with Gasteiger partial charge in [-0.2, -0.15) is 0 Å². The number of carbonyl (C=O) groups excluding carboxylic acids is 2. The third-order valence-corrected chi connectivity index (χ3v) is 6.41. The molecule has 8 nitrogen and oxygen atoms in total. The number of hydrogen-bond acceptors (Lipinski definition) is 6. The van der Waals surface area contributed by atoms with E-state index in [4.69, 9.17) is 18.9 Å². The molecule has 2 amide bonds. The van der Waals surface area contributed by atoms with Gasteiger partial charge in [0.15, 0.2) is 11.5 Å². The van der Waals surface area contributed by atoms with Crippen molar-refractivity contribution in [1.29, 1.82) is 0 Å². The number of rotatable bonds is 6. The summed E-state index contributed by atoms with van der Waals surface area (Å²) in [5, 5.41) is 2.68. The van der Waals surface area contributed by atoms with E-state index in [0.717, 1.165) is 36.4 Å². The van der Waals surface area contributed by atoms with Gasteiger partial charge in [-0.15, -0.1) is 0 Å². The standard InChI is InChI=1S/C18H25NO5.C14H12FNO/c1-18(2,3)24-17(20)19-8-4-5-13(10-19)11-21-14-6-7-15-16(9-14)23-12-22-15;15-13-9-5-4-8-12(13)14(17)16-10-11-6-2-1-3-7-11/h6-7,9,13H,4-5,8,10-12H2,1-3H3;1-9H,10H2,(H,16,17). The van der Waals surface area contributed by atoms with Crippen molar-refractivity contribution < 1.29 is 32.9 Å². The molecule has 1 unspecified atom stereocenters. The van der Waals surface area contributed by atoms with Gasteiger partial charge in [0.25, 0.3) is 5.91 Å². The van der Waals surface area contributed by atoms with E-state index in [1.807, 2.05) is 69.3 Å². The van der Waals surface area contributed by atoms with Crippen molar-refractivity contribution in [2.75, 3.05) is 26.5 Å². The number of nitrogens with one attached hydrogen (secondary N) is 1. The highest BCUT2D eigenvalue weighted by molar-refractivity contribution is 5.94. The smallest absolute Gasteiger partial charge is 0.410 e. The predicted octanol–water partition coefficient (Wildman–Crippen LogP) is 6.20. The normalized spacial score (nSPS) is 15.8. The molecule has 41 heavy (non-hydrogen) atoms. The van der Waals surface area contributed by atoms with Crippen molar-refractivity contribution >= 4 is 12.0 Å². The van der Waals surface area contributed by atoms with Crippen LogP contribution in [0, 0.1) is 11.7 Å². The summed E-state index contributed by atoms with van der Waals surface area (Å²) < 4.78 is 35.3. The maximum atomic E-state index is 13.3. The number of ether oxygens (including phenoxy) is 4. The molecule has 9 heteroatoms. The second-order valence-corrected chi connectivity index (χ2v) is 10.9. The van der Waals surface area contributed by atoms with E-state index in [2.05, 4.69) is 5.32 Å². The molecule has 1 atom stereocenters. The van der Waals surface area contributed by atoms with E-state index in [1.54, 1.807) is 17.0 Å². The van der Waals surface area contributed by atoms with E-state index < -0.39 is 17.3 Å². The van der Waals surface area contributed by atoms with Crippen LogP contribution in [0.2, 0.25) is 0 Å². The largest absolute Gasteiger partial charge is 0.493 e. The summed E-state index contributed by atoms with van der Waals surface area (Å²) >= 11 is 0. The second kappa shape index (κ2) is 13.9. The molecule has 1 fully saturated rings. The van der Waals surface area contributed by atoms with Crippen molar-refractivity contribution in [3.05, 3.63) is 89.7 Å². The minimum absolute atomic E-state index is 0.0726. The first kappa shape index (κ1) is 29.7. The van der Waals surface area contributed by atoms with Gasteiger partial charge in [0, 0.05) is 31.6 Å². The first-order valence-corrected chi connectivity index (χ1v) is 13.7. The lowest BCUT2D eigenvalue weighted by atomic mass is 9.99. The fraction of sp³-hybridized carbons (Fsp3) is 0.375. The molecule has 2 aliphatic heterocycles. The Morgan fingerprint density at radius 1 is 1.00 bits per heavy atom. The van der Waals surface area contributed by atoms with Gasteiger partial charge >= 0.3 is 6.09 Å². The Hall–Kier alpha value is -4.27. The summed E-state index contributed by atoms with van der Waals surface area (Å²) in [5.74, 6) is 1.62. The fourth-order valence-corrected chi connectivity index (χ4v) is 4.39. The lowest BCUT2D eigenvalue weighted by molar-refractivity contribution is 0.0139. The van der Waals surface area contributed by atoms with Gasteiger partial charge < -0.3 is 29.2 Å². The van der Waals surface area contributed by atoms with Crippen LogP contribution in [-0.2, 0) is 11.3 Å². The fourth-order valence-electron chi connectivity index (χ4n) is 4.39. The van der Waals surface area contributed by atoms with Crippen LogP contribution < -0.4 is 19.5 Å². The van der Waals surface area contributed by atoms with E-state index >= 15 is 0 Å². The summed E-state index contributed by atoms with van der Waals surface area (Å²) in [6.07, 6.45) is 1.77. The van der Waals surface area contributed by atoms with Gasteiger partial charge in [-0.1, -0.05) is 42.5 Å². The maximum Gasteiger partial charge on any atom is 0.410 e. The van der Waals surface area contributed by atoms with E-state index in [9.17, 15) is 14.0 Å². The average molecular weight is 565 g/mol. The van der Waals surface area contributed by atoms with Crippen LogP contribution in [0.5, 0.6) is 17.2 Å². The Morgan fingerprint density at radius 2 is 1.73 bits per heavy atom. The number of hydrogen-bond donors (Lipinski definition) is 1. The van der Waals surface area contributed by atoms with Crippen molar-refractivity contribution in [3.63, 3.8) is 0 Å². The van der Waals surface area contributed by atoms with E-state index in [0.29, 0.717) is 31.4 Å². The summed E-state index contributed by atoms with van der Waals surface area (Å²) in [4.78, 5) is 25.7. The van der Waals surface area contributed by atoms with Crippen molar-refractivity contribution in [3.8, 4) is 17.2 Å². The van der Waals surface area contributed by atoms with Crippen LogP contribution in [-0.4, -0.2) is 49.0 Å². The number of piperidine rings is 1. The Bertz CT molecular complexity index is 1310. The molecule has 2 heterocycles. The van der Waals surface area contributed by atoms with Crippen molar-refractivity contribution in [1.82, 2.24) is 10.2 Å². The van der Waals surface area contributed by atoms with Crippen molar-refractivity contribution in [2.24, 2.45) is 5.92 Å². The molecular weight excluding hydrogens is 527 g/mol. The van der Waals surface area contributed by atoms with Crippen LogP contribution in [0.4, 0.5) is 9.18 Å². The second-order valence-electron chi connectivity index (χ2n) is 10.9. The third kappa shape index (κ3) is 9.13. The lowest BCUT2D eigenvalue weighted by Gasteiger charge is -2.34. The minimum Gasteiger partial charge on any atom is -0.493 e. The molecule has 0 spiro atoms. The van der Waals surface area contributed by atoms with Gasteiger partial charge in [-0.05, 0) is 63.4 Å². The highest BCUT2D eigenvalue weighted by atomic mass is 19.1. The number of benzene rings is 3. The van der Waals surface area contributed by atoms with Gasteiger partial charge in [0.1, 0.15) is 17.2 Å². The number of nitrogens with zero attached hydrogens (tertiary/aromatic N) is 1. The lowest BCUT2D eigenvalue weighted by Crippen LogP contribution is -2.44. The van der Waals surface area contributed by atoms with Crippen LogP contribution in [0.1, 0.15) is 49.5 Å². The van der Waals surface area contributed by atoms with Crippen LogP contribution in [0.25, 0.3) is 0 Å². The highest BCUT2D eigenvalue weighted by Gasteiger charge is 2.28. The molecule has 0 bridgehead atoms. The van der Waals surface area contributed by atoms with Gasteiger partial charge in [0.2, 0.25) is 6.79 Å². The number of carbonyl (C=O) groups is 2. The molecule has 2 aliphatic rings. The first-order valence-electron chi connectivity index (χ1n) is 13.7. The van der Waals surface area contributed by atoms with Gasteiger partial charge in [0.05, 0.1) is 12.2 Å². The van der Waals surface area contributed by atoms with Crippen LogP contribution in [0.3, 0.4) is 0 Å². The monoisotopic (exact) mass is 564 g/mol. The Labute approximate surface area is 240 Å². The molecule has 0 saturated carbocycles. The van der Waals surface area contributed by atoms with E-state index in [-0.39, 0.29) is 18.4 Å². The number of likely N-dealkylation sites (tertiary alicyclic amines) is 1. The number of fused-ring (bicyclic) bond motifs is 1.